The highest BCUT2D eigenvalue weighted by Gasteiger charge is 2.07. The Labute approximate surface area is 185 Å². The Kier molecular flexibility index (Phi) is 5.66. The molecule has 0 aliphatic carbocycles. The van der Waals surface area contributed by atoms with Gasteiger partial charge in [0.1, 0.15) is 24.7 Å². The Morgan fingerprint density at radius 1 is 0.531 bits per heavy atom. The van der Waals surface area contributed by atoms with Gasteiger partial charge in [-0.15, -0.1) is 0 Å². The summed E-state index contributed by atoms with van der Waals surface area (Å²) in [6.07, 6.45) is 0. The fourth-order valence-electron chi connectivity index (χ4n) is 3.36. The van der Waals surface area contributed by atoms with Gasteiger partial charge in [-0.2, -0.15) is 10.2 Å². The summed E-state index contributed by atoms with van der Waals surface area (Å²) in [5, 5.41) is 14.8. The van der Waals surface area contributed by atoms with Crippen LogP contribution in [0.1, 0.15) is 11.4 Å². The van der Waals surface area contributed by atoms with Crippen molar-refractivity contribution in [3.05, 3.63) is 108 Å². The van der Waals surface area contributed by atoms with Crippen molar-refractivity contribution in [1.82, 2.24) is 20.4 Å². The summed E-state index contributed by atoms with van der Waals surface area (Å²) < 4.78 is 11.8. The first-order chi connectivity index (χ1) is 15.8. The number of aromatic amines is 2. The van der Waals surface area contributed by atoms with Crippen molar-refractivity contribution in [2.45, 2.75) is 13.2 Å². The Balaban J connectivity index is 1.17. The van der Waals surface area contributed by atoms with E-state index in [9.17, 15) is 0 Å². The number of nitrogens with one attached hydrogen (secondary N) is 2. The number of rotatable bonds is 8. The predicted molar refractivity (Wildman–Crippen MR) is 123 cm³/mol. The fraction of sp³-hybridized carbons (Fsp3) is 0.0769. The number of hydrogen-bond donors (Lipinski definition) is 2. The van der Waals surface area contributed by atoms with Crippen LogP contribution in [0.2, 0.25) is 0 Å². The number of ether oxygens (including phenoxy) is 2. The minimum atomic E-state index is 0.393. The zero-order valence-corrected chi connectivity index (χ0v) is 17.4. The van der Waals surface area contributed by atoms with E-state index in [1.165, 1.54) is 0 Å². The van der Waals surface area contributed by atoms with E-state index in [-0.39, 0.29) is 0 Å². The zero-order chi connectivity index (χ0) is 21.6. The summed E-state index contributed by atoms with van der Waals surface area (Å²) in [7, 11) is 0. The SMILES string of the molecule is c1ccc(-c2cc(COc3cccc(OCc4cc(-c5ccccc5)n[nH]4)c3)[nH]n2)cc1. The molecule has 2 aromatic heterocycles. The van der Waals surface area contributed by atoms with E-state index in [0.717, 1.165) is 45.4 Å². The van der Waals surface area contributed by atoms with Gasteiger partial charge in [0.15, 0.2) is 0 Å². The molecule has 2 N–H and O–H groups in total. The summed E-state index contributed by atoms with van der Waals surface area (Å²) in [5.74, 6) is 1.46. The Morgan fingerprint density at radius 2 is 1.00 bits per heavy atom. The maximum absolute atomic E-state index is 5.92. The minimum Gasteiger partial charge on any atom is -0.487 e. The first kappa shape index (κ1) is 19.6. The molecule has 0 saturated carbocycles. The zero-order valence-electron chi connectivity index (χ0n) is 17.4. The molecule has 0 unspecified atom stereocenters. The van der Waals surface area contributed by atoms with Crippen molar-refractivity contribution in [2.24, 2.45) is 0 Å². The second kappa shape index (κ2) is 9.22. The molecule has 32 heavy (non-hydrogen) atoms. The molecule has 0 aliphatic rings. The van der Waals surface area contributed by atoms with Gasteiger partial charge in [0.25, 0.3) is 0 Å². The molecule has 0 radical (unpaired) electrons. The maximum Gasteiger partial charge on any atom is 0.130 e. The van der Waals surface area contributed by atoms with E-state index in [1.807, 2.05) is 97.1 Å². The van der Waals surface area contributed by atoms with Gasteiger partial charge in [0, 0.05) is 17.2 Å². The smallest absolute Gasteiger partial charge is 0.130 e. The van der Waals surface area contributed by atoms with Crippen LogP contribution in [-0.4, -0.2) is 20.4 Å². The van der Waals surface area contributed by atoms with Gasteiger partial charge in [-0.1, -0.05) is 66.7 Å². The first-order valence-corrected chi connectivity index (χ1v) is 10.4. The van der Waals surface area contributed by atoms with Crippen molar-refractivity contribution >= 4 is 0 Å². The van der Waals surface area contributed by atoms with Crippen molar-refractivity contribution < 1.29 is 9.47 Å². The predicted octanol–water partition coefficient (Wildman–Crippen LogP) is 5.62. The van der Waals surface area contributed by atoms with Crippen LogP contribution < -0.4 is 9.47 Å². The van der Waals surface area contributed by atoms with E-state index in [4.69, 9.17) is 9.47 Å². The van der Waals surface area contributed by atoms with Crippen molar-refractivity contribution in [3.63, 3.8) is 0 Å². The molecule has 6 nitrogen and oxygen atoms in total. The van der Waals surface area contributed by atoms with Crippen LogP contribution in [0.4, 0.5) is 0 Å². The lowest BCUT2D eigenvalue weighted by molar-refractivity contribution is 0.285. The van der Waals surface area contributed by atoms with Gasteiger partial charge in [0.2, 0.25) is 0 Å². The lowest BCUT2D eigenvalue weighted by Gasteiger charge is -2.08. The lowest BCUT2D eigenvalue weighted by atomic mass is 10.1. The molecular formula is C26H22N4O2. The monoisotopic (exact) mass is 422 g/mol. The minimum absolute atomic E-state index is 0.393. The van der Waals surface area contributed by atoms with Gasteiger partial charge in [-0.25, -0.2) is 0 Å². The lowest BCUT2D eigenvalue weighted by Crippen LogP contribution is -1.98. The molecule has 0 saturated heterocycles. The third-order valence-electron chi connectivity index (χ3n) is 5.00. The molecule has 3 aromatic carbocycles. The Morgan fingerprint density at radius 3 is 1.47 bits per heavy atom. The normalized spacial score (nSPS) is 10.8. The fourth-order valence-corrected chi connectivity index (χ4v) is 3.36. The van der Waals surface area contributed by atoms with Crippen molar-refractivity contribution in [3.8, 4) is 34.0 Å². The van der Waals surface area contributed by atoms with Crippen molar-refractivity contribution in [1.29, 1.82) is 0 Å². The molecule has 5 rings (SSSR count). The van der Waals surface area contributed by atoms with Crippen LogP contribution in [0.25, 0.3) is 22.5 Å². The third-order valence-corrected chi connectivity index (χ3v) is 5.00. The summed E-state index contributed by atoms with van der Waals surface area (Å²) in [4.78, 5) is 0. The van der Waals surface area contributed by atoms with Crippen LogP contribution in [0.5, 0.6) is 11.5 Å². The molecule has 0 spiro atoms. The summed E-state index contributed by atoms with van der Waals surface area (Å²) in [6.45, 7) is 0.786. The van der Waals surface area contributed by atoms with Gasteiger partial charge < -0.3 is 9.47 Å². The largest absolute Gasteiger partial charge is 0.487 e. The molecule has 0 bridgehead atoms. The molecular weight excluding hydrogens is 400 g/mol. The average Bonchev–Trinajstić information content (AvgIpc) is 3.53. The third kappa shape index (κ3) is 4.70. The Bertz CT molecular complexity index is 1180. The molecule has 0 fully saturated rings. The highest BCUT2D eigenvalue weighted by atomic mass is 16.5. The average molecular weight is 422 g/mol. The van der Waals surface area contributed by atoms with Crippen LogP contribution in [0.15, 0.2) is 97.1 Å². The molecule has 5 aromatic rings. The second-order valence-electron chi connectivity index (χ2n) is 7.34. The maximum atomic E-state index is 5.92. The van der Waals surface area contributed by atoms with Gasteiger partial charge in [-0.3, -0.25) is 10.2 Å². The Hall–Kier alpha value is -4.32. The number of nitrogens with zero attached hydrogens (tertiary/aromatic N) is 2. The molecule has 0 aliphatic heterocycles. The van der Waals surface area contributed by atoms with E-state index in [1.54, 1.807) is 0 Å². The quantitative estimate of drug-likeness (QED) is 0.340. The number of hydrogen-bond acceptors (Lipinski definition) is 4. The topological polar surface area (TPSA) is 75.8 Å². The second-order valence-corrected chi connectivity index (χ2v) is 7.34. The van der Waals surface area contributed by atoms with Crippen LogP contribution >= 0.6 is 0 Å². The molecule has 6 heteroatoms. The van der Waals surface area contributed by atoms with Crippen LogP contribution in [-0.2, 0) is 13.2 Å². The van der Waals surface area contributed by atoms with E-state index >= 15 is 0 Å². The van der Waals surface area contributed by atoms with Crippen LogP contribution in [0.3, 0.4) is 0 Å². The molecule has 0 amide bonds. The van der Waals surface area contributed by atoms with E-state index in [2.05, 4.69) is 20.4 Å². The van der Waals surface area contributed by atoms with Crippen LogP contribution in [0, 0.1) is 0 Å². The number of aromatic nitrogens is 4. The molecule has 0 atom stereocenters. The molecule has 2 heterocycles. The number of benzene rings is 3. The number of H-pyrrole nitrogens is 2. The first-order valence-electron chi connectivity index (χ1n) is 10.4. The highest BCUT2D eigenvalue weighted by molar-refractivity contribution is 5.59. The summed E-state index contributed by atoms with van der Waals surface area (Å²) in [6, 6.07) is 31.7. The van der Waals surface area contributed by atoms with Gasteiger partial charge in [-0.05, 0) is 24.3 Å². The van der Waals surface area contributed by atoms with E-state index in [0.29, 0.717) is 13.2 Å². The summed E-state index contributed by atoms with van der Waals surface area (Å²) in [5.41, 5.74) is 5.74. The highest BCUT2D eigenvalue weighted by Crippen LogP contribution is 2.23. The standard InChI is InChI=1S/C26H22N4O2/c1-3-8-19(9-4-1)25-14-21(27-29-25)17-31-23-12-7-13-24(16-23)32-18-22-15-26(30-28-22)20-10-5-2-6-11-20/h1-16H,17-18H2,(H,27,29)(H,28,30). The van der Waals surface area contributed by atoms with Gasteiger partial charge in [0.05, 0.1) is 22.8 Å². The summed E-state index contributed by atoms with van der Waals surface area (Å²) >= 11 is 0. The van der Waals surface area contributed by atoms with Gasteiger partial charge >= 0.3 is 0 Å². The molecule has 158 valence electrons. The van der Waals surface area contributed by atoms with Crippen molar-refractivity contribution in [2.75, 3.05) is 0 Å². The van der Waals surface area contributed by atoms with E-state index < -0.39 is 0 Å².